The third-order valence-electron chi connectivity index (χ3n) is 3.58. The second kappa shape index (κ2) is 5.89. The SMILES string of the molecule is COc1ccc2c(c1)CC(=O)N2.O=C1Cc2ccccc2N1. The first-order valence-electron chi connectivity index (χ1n) is 7.00. The molecule has 2 aliphatic heterocycles. The van der Waals surface area contributed by atoms with Gasteiger partial charge >= 0.3 is 0 Å². The Bertz CT molecular complexity index is 713. The predicted molar refractivity (Wildman–Crippen MR) is 84.1 cm³/mol. The summed E-state index contributed by atoms with van der Waals surface area (Å²) in [5.74, 6) is 0.949. The van der Waals surface area contributed by atoms with Crippen molar-refractivity contribution in [3.05, 3.63) is 53.6 Å². The minimum Gasteiger partial charge on any atom is -0.497 e. The molecule has 0 atom stereocenters. The van der Waals surface area contributed by atoms with Crippen molar-refractivity contribution in [1.82, 2.24) is 0 Å². The van der Waals surface area contributed by atoms with Crippen LogP contribution in [0.4, 0.5) is 11.4 Å². The Balaban J connectivity index is 0.000000133. The Morgan fingerprint density at radius 3 is 2.18 bits per heavy atom. The van der Waals surface area contributed by atoms with Crippen molar-refractivity contribution in [2.24, 2.45) is 0 Å². The molecule has 5 nitrogen and oxygen atoms in total. The number of carbonyl (C=O) groups is 2. The molecule has 0 radical (unpaired) electrons. The molecule has 2 N–H and O–H groups in total. The maximum Gasteiger partial charge on any atom is 0.228 e. The lowest BCUT2D eigenvalue weighted by molar-refractivity contribution is -0.115. The normalized spacial score (nSPS) is 14.2. The van der Waals surface area contributed by atoms with Crippen LogP contribution in [0.1, 0.15) is 11.1 Å². The lowest BCUT2D eigenvalue weighted by Crippen LogP contribution is -2.03. The van der Waals surface area contributed by atoms with Crippen molar-refractivity contribution in [1.29, 1.82) is 0 Å². The molecular weight excluding hydrogens is 280 g/mol. The molecule has 2 aromatic carbocycles. The zero-order valence-electron chi connectivity index (χ0n) is 12.2. The molecule has 2 aliphatic rings. The van der Waals surface area contributed by atoms with Crippen LogP contribution < -0.4 is 15.4 Å². The number of hydrogen-bond donors (Lipinski definition) is 2. The van der Waals surface area contributed by atoms with Crippen LogP contribution in [0.25, 0.3) is 0 Å². The second-order valence-corrected chi connectivity index (χ2v) is 5.13. The van der Waals surface area contributed by atoms with Crippen LogP contribution in [0.2, 0.25) is 0 Å². The van der Waals surface area contributed by atoms with Gasteiger partial charge in [-0.15, -0.1) is 0 Å². The molecule has 2 heterocycles. The number of hydrogen-bond acceptors (Lipinski definition) is 3. The van der Waals surface area contributed by atoms with E-state index >= 15 is 0 Å². The van der Waals surface area contributed by atoms with Crippen LogP contribution in [0.3, 0.4) is 0 Å². The van der Waals surface area contributed by atoms with Gasteiger partial charge in [-0.05, 0) is 35.4 Å². The summed E-state index contributed by atoms with van der Waals surface area (Å²) >= 11 is 0. The maximum absolute atomic E-state index is 10.9. The van der Waals surface area contributed by atoms with Gasteiger partial charge in [-0.2, -0.15) is 0 Å². The highest BCUT2D eigenvalue weighted by atomic mass is 16.5. The number of amides is 2. The number of rotatable bonds is 1. The van der Waals surface area contributed by atoms with Gasteiger partial charge in [0.05, 0.1) is 20.0 Å². The van der Waals surface area contributed by atoms with E-state index in [2.05, 4.69) is 10.6 Å². The quantitative estimate of drug-likeness (QED) is 0.849. The highest BCUT2D eigenvalue weighted by Gasteiger charge is 2.17. The molecule has 0 unspecified atom stereocenters. The number of carbonyl (C=O) groups excluding carboxylic acids is 2. The first-order valence-corrected chi connectivity index (χ1v) is 7.00. The number of fused-ring (bicyclic) bond motifs is 2. The molecule has 0 saturated carbocycles. The lowest BCUT2D eigenvalue weighted by Gasteiger charge is -2.01. The highest BCUT2D eigenvalue weighted by Crippen LogP contribution is 2.26. The van der Waals surface area contributed by atoms with Gasteiger partial charge in [-0.1, -0.05) is 18.2 Å². The maximum atomic E-state index is 10.9. The summed E-state index contributed by atoms with van der Waals surface area (Å²) in [5, 5.41) is 5.51. The largest absolute Gasteiger partial charge is 0.497 e. The molecular formula is C17H16N2O3. The van der Waals surface area contributed by atoms with E-state index in [9.17, 15) is 9.59 Å². The van der Waals surface area contributed by atoms with Gasteiger partial charge in [-0.3, -0.25) is 9.59 Å². The van der Waals surface area contributed by atoms with Crippen molar-refractivity contribution < 1.29 is 14.3 Å². The number of ether oxygens (including phenoxy) is 1. The topological polar surface area (TPSA) is 67.4 Å². The number of anilines is 2. The summed E-state index contributed by atoms with van der Waals surface area (Å²) in [6, 6.07) is 13.3. The number of para-hydroxylation sites is 1. The molecule has 0 aromatic heterocycles. The summed E-state index contributed by atoms with van der Waals surface area (Å²) in [6.07, 6.45) is 1.00. The monoisotopic (exact) mass is 296 g/mol. The Morgan fingerprint density at radius 1 is 0.864 bits per heavy atom. The van der Waals surface area contributed by atoms with Crippen LogP contribution in [-0.2, 0) is 22.4 Å². The lowest BCUT2D eigenvalue weighted by atomic mass is 10.1. The fourth-order valence-corrected chi connectivity index (χ4v) is 2.50. The first-order chi connectivity index (χ1) is 10.7. The smallest absolute Gasteiger partial charge is 0.228 e. The molecule has 0 aliphatic carbocycles. The van der Waals surface area contributed by atoms with Crippen molar-refractivity contribution >= 4 is 23.2 Å². The molecule has 2 aromatic rings. The van der Waals surface area contributed by atoms with Gasteiger partial charge in [0.25, 0.3) is 0 Å². The molecule has 4 rings (SSSR count). The molecule has 22 heavy (non-hydrogen) atoms. The predicted octanol–water partition coefficient (Wildman–Crippen LogP) is 2.37. The van der Waals surface area contributed by atoms with E-state index in [1.165, 1.54) is 0 Å². The Kier molecular flexibility index (Phi) is 3.78. The van der Waals surface area contributed by atoms with Crippen molar-refractivity contribution in [2.45, 2.75) is 12.8 Å². The van der Waals surface area contributed by atoms with Gasteiger partial charge in [0.15, 0.2) is 0 Å². The Morgan fingerprint density at radius 2 is 1.50 bits per heavy atom. The molecule has 0 bridgehead atoms. The summed E-state index contributed by atoms with van der Waals surface area (Å²) in [6.45, 7) is 0. The Hall–Kier alpha value is -2.82. The summed E-state index contributed by atoms with van der Waals surface area (Å²) in [5.41, 5.74) is 3.99. The van der Waals surface area contributed by atoms with Gasteiger partial charge in [0, 0.05) is 11.4 Å². The fourth-order valence-electron chi connectivity index (χ4n) is 2.50. The van der Waals surface area contributed by atoms with Crippen molar-refractivity contribution in [3.8, 4) is 5.75 Å². The Labute approximate surface area is 128 Å². The minimum absolute atomic E-state index is 0.0539. The van der Waals surface area contributed by atoms with E-state index in [1.807, 2.05) is 42.5 Å². The number of nitrogens with one attached hydrogen (secondary N) is 2. The standard InChI is InChI=1S/C9H9NO2.C8H7NO/c1-12-7-2-3-8-6(4-7)5-9(11)10-8;10-8-5-6-3-1-2-4-7(6)9-8/h2-4H,5H2,1H3,(H,10,11);1-4H,5H2,(H,9,10). The minimum atomic E-state index is 0.0539. The zero-order valence-corrected chi connectivity index (χ0v) is 12.2. The molecule has 0 spiro atoms. The molecule has 0 fully saturated rings. The van der Waals surface area contributed by atoms with Gasteiger partial charge in [0.2, 0.25) is 11.8 Å². The zero-order chi connectivity index (χ0) is 15.5. The van der Waals surface area contributed by atoms with Crippen molar-refractivity contribution in [2.75, 3.05) is 17.7 Å². The van der Waals surface area contributed by atoms with E-state index in [0.717, 1.165) is 28.3 Å². The third-order valence-corrected chi connectivity index (χ3v) is 3.58. The first kappa shape index (κ1) is 14.1. The van der Waals surface area contributed by atoms with E-state index in [1.54, 1.807) is 7.11 Å². The van der Waals surface area contributed by atoms with Crippen LogP contribution in [0.15, 0.2) is 42.5 Å². The third kappa shape index (κ3) is 2.93. The number of benzene rings is 2. The summed E-state index contributed by atoms with van der Waals surface area (Å²) in [7, 11) is 1.62. The van der Waals surface area contributed by atoms with Gasteiger partial charge < -0.3 is 15.4 Å². The van der Waals surface area contributed by atoms with E-state index in [-0.39, 0.29) is 11.8 Å². The fraction of sp³-hybridized carbons (Fsp3) is 0.176. The van der Waals surface area contributed by atoms with Crippen molar-refractivity contribution in [3.63, 3.8) is 0 Å². The van der Waals surface area contributed by atoms with Crippen LogP contribution >= 0.6 is 0 Å². The van der Waals surface area contributed by atoms with Crippen LogP contribution in [0, 0.1) is 0 Å². The number of methoxy groups -OCH3 is 1. The van der Waals surface area contributed by atoms with E-state index in [0.29, 0.717) is 12.8 Å². The molecule has 5 heteroatoms. The summed E-state index contributed by atoms with van der Waals surface area (Å²) in [4.78, 5) is 21.7. The van der Waals surface area contributed by atoms with Crippen LogP contribution in [-0.4, -0.2) is 18.9 Å². The molecule has 0 saturated heterocycles. The van der Waals surface area contributed by atoms with Crippen LogP contribution in [0.5, 0.6) is 5.75 Å². The second-order valence-electron chi connectivity index (χ2n) is 5.13. The average Bonchev–Trinajstić information content (AvgIpc) is 3.07. The summed E-state index contributed by atoms with van der Waals surface area (Å²) < 4.78 is 5.04. The van der Waals surface area contributed by atoms with Gasteiger partial charge in [0.1, 0.15) is 5.75 Å². The highest BCUT2D eigenvalue weighted by molar-refractivity contribution is 5.99. The van der Waals surface area contributed by atoms with E-state index < -0.39 is 0 Å². The molecule has 112 valence electrons. The molecule has 2 amide bonds. The van der Waals surface area contributed by atoms with E-state index in [4.69, 9.17) is 4.74 Å². The van der Waals surface area contributed by atoms with Gasteiger partial charge in [-0.25, -0.2) is 0 Å². The average molecular weight is 296 g/mol.